The molecule has 0 amide bonds. The number of morpholine rings is 2. The van der Waals surface area contributed by atoms with Gasteiger partial charge < -0.3 is 29.5 Å². The van der Waals surface area contributed by atoms with Crippen LogP contribution in [-0.2, 0) is 23.8 Å². The number of nitrogens with zero attached hydrogens (tertiary/aromatic N) is 1. The van der Waals surface area contributed by atoms with E-state index in [1.165, 1.54) is 167 Å². The second-order valence-electron chi connectivity index (χ2n) is 19.6. The molecule has 0 spiro atoms. The predicted octanol–water partition coefficient (Wildman–Crippen LogP) is 12.3. The number of ether oxygens (including phenoxy) is 3. The standard InChI is InChI=1S/C39H77NO5.C15H29NO3/c1-4-7-10-13-16-19-22-25-28-35(41)31-40-32-37(30-27-24-21-18-15-12-9-6-3)45-39(43)38(40)34-44-33-36(42)29-26-23-20-17-14-11-8-5-2;1-2-3-4-5-6-7-8-9-10-13-11-16-14(12-17)15(18)19-13/h35-38,41-42H,4-34H2,1-3H3;13-14,16-17H,2-12H2,1H3. The monoisotopic (exact) mass is 911 g/mol. The number of unbranched alkanes of at least 4 members (excludes halogenated alkanes) is 28. The van der Waals surface area contributed by atoms with Crippen molar-refractivity contribution in [2.24, 2.45) is 0 Å². The molecular formula is C54H106N2O8. The molecule has 2 fully saturated rings. The predicted molar refractivity (Wildman–Crippen MR) is 266 cm³/mol. The van der Waals surface area contributed by atoms with E-state index in [1.54, 1.807) is 0 Å². The summed E-state index contributed by atoms with van der Waals surface area (Å²) in [6.45, 7) is 11.1. The normalized spacial score (nSPS) is 20.1. The van der Waals surface area contributed by atoms with Gasteiger partial charge in [0.25, 0.3) is 0 Å². The number of β-amino-alcohol motifs (C(OH)–C–C–N with tert-alkyl or cyclic N) is 1. The molecule has 0 saturated carbocycles. The average Bonchev–Trinajstić information content (AvgIpc) is 3.28. The highest BCUT2D eigenvalue weighted by atomic mass is 16.6. The number of hydrogen-bond donors (Lipinski definition) is 4. The van der Waals surface area contributed by atoms with Gasteiger partial charge in [0.05, 0.1) is 32.0 Å². The van der Waals surface area contributed by atoms with Crippen molar-refractivity contribution in [3.63, 3.8) is 0 Å². The fourth-order valence-electron chi connectivity index (χ4n) is 9.09. The minimum atomic E-state index is -0.519. The van der Waals surface area contributed by atoms with Gasteiger partial charge in [0.1, 0.15) is 24.3 Å². The molecule has 64 heavy (non-hydrogen) atoms. The summed E-state index contributed by atoms with van der Waals surface area (Å²) in [5.74, 6) is -0.541. The van der Waals surface area contributed by atoms with Crippen LogP contribution >= 0.6 is 0 Å². The van der Waals surface area contributed by atoms with Crippen molar-refractivity contribution in [3.05, 3.63) is 0 Å². The molecule has 4 N–H and O–H groups in total. The Morgan fingerprint density at radius 3 is 1.38 bits per heavy atom. The van der Waals surface area contributed by atoms with Crippen molar-refractivity contribution in [1.29, 1.82) is 0 Å². The molecule has 10 nitrogen and oxygen atoms in total. The van der Waals surface area contributed by atoms with Gasteiger partial charge in [-0.3, -0.25) is 19.8 Å². The van der Waals surface area contributed by atoms with E-state index in [1.807, 2.05) is 0 Å². The van der Waals surface area contributed by atoms with Crippen LogP contribution in [0.15, 0.2) is 0 Å². The fraction of sp³-hybridized carbons (Fsp3) is 0.963. The van der Waals surface area contributed by atoms with Crippen molar-refractivity contribution < 1.29 is 39.1 Å². The molecule has 2 aliphatic rings. The zero-order chi connectivity index (χ0) is 46.7. The number of rotatable bonds is 43. The molecule has 2 rings (SSSR count). The zero-order valence-electron chi connectivity index (χ0n) is 42.5. The summed E-state index contributed by atoms with van der Waals surface area (Å²) in [5.41, 5.74) is 0. The molecule has 10 heteroatoms. The summed E-state index contributed by atoms with van der Waals surface area (Å²) in [4.78, 5) is 26.7. The number of cyclic esters (lactones) is 2. The van der Waals surface area contributed by atoms with Gasteiger partial charge in [0.15, 0.2) is 0 Å². The first-order valence-electron chi connectivity index (χ1n) is 27.7. The topological polar surface area (TPSA) is 138 Å². The first-order valence-corrected chi connectivity index (χ1v) is 27.7. The first-order chi connectivity index (χ1) is 31.3. The van der Waals surface area contributed by atoms with Gasteiger partial charge in [-0.2, -0.15) is 0 Å². The van der Waals surface area contributed by atoms with Crippen LogP contribution in [0.1, 0.15) is 259 Å². The zero-order valence-corrected chi connectivity index (χ0v) is 42.5. The Hall–Kier alpha value is -1.30. The van der Waals surface area contributed by atoms with Crippen LogP contribution < -0.4 is 5.32 Å². The molecule has 380 valence electrons. The number of aliphatic hydroxyl groups is 3. The summed E-state index contributed by atoms with van der Waals surface area (Å²) in [6.07, 6.45) is 42.7. The fourth-order valence-corrected chi connectivity index (χ4v) is 9.09. The third-order valence-corrected chi connectivity index (χ3v) is 13.3. The van der Waals surface area contributed by atoms with Gasteiger partial charge in [0.2, 0.25) is 0 Å². The highest BCUT2D eigenvalue weighted by Gasteiger charge is 2.37. The van der Waals surface area contributed by atoms with Crippen molar-refractivity contribution in [1.82, 2.24) is 10.2 Å². The summed E-state index contributed by atoms with van der Waals surface area (Å²) < 4.78 is 17.1. The number of esters is 2. The second kappa shape index (κ2) is 44.2. The maximum Gasteiger partial charge on any atom is 0.326 e. The Balaban J connectivity index is 0.000000893. The molecule has 6 atom stereocenters. The molecule has 0 bridgehead atoms. The van der Waals surface area contributed by atoms with Gasteiger partial charge in [-0.05, 0) is 38.5 Å². The summed E-state index contributed by atoms with van der Waals surface area (Å²) in [7, 11) is 0. The average molecular weight is 911 g/mol. The van der Waals surface area contributed by atoms with Crippen LogP contribution in [0.3, 0.4) is 0 Å². The molecule has 6 unspecified atom stereocenters. The lowest BCUT2D eigenvalue weighted by Gasteiger charge is -2.39. The Morgan fingerprint density at radius 2 is 0.938 bits per heavy atom. The smallest absolute Gasteiger partial charge is 0.326 e. The van der Waals surface area contributed by atoms with Crippen molar-refractivity contribution in [2.45, 2.75) is 295 Å². The summed E-state index contributed by atoms with van der Waals surface area (Å²) in [5, 5.41) is 33.4. The van der Waals surface area contributed by atoms with Gasteiger partial charge in [-0.1, -0.05) is 220 Å². The van der Waals surface area contributed by atoms with Crippen LogP contribution in [-0.4, -0.2) is 108 Å². The minimum Gasteiger partial charge on any atom is -0.460 e. The third kappa shape index (κ3) is 34.1. The number of aliphatic hydroxyl groups excluding tert-OH is 3. The first kappa shape index (κ1) is 60.7. The van der Waals surface area contributed by atoms with Gasteiger partial charge >= 0.3 is 11.9 Å². The van der Waals surface area contributed by atoms with E-state index >= 15 is 0 Å². The molecule has 2 aliphatic heterocycles. The Bertz CT molecular complexity index is 1030. The van der Waals surface area contributed by atoms with E-state index in [9.17, 15) is 19.8 Å². The molecule has 0 aliphatic carbocycles. The van der Waals surface area contributed by atoms with E-state index in [4.69, 9.17) is 19.3 Å². The second-order valence-corrected chi connectivity index (χ2v) is 19.6. The van der Waals surface area contributed by atoms with Crippen molar-refractivity contribution in [3.8, 4) is 0 Å². The molecule has 2 saturated heterocycles. The molecule has 0 aromatic carbocycles. The quantitative estimate of drug-likeness (QED) is 0.0346. The number of carbonyl (C=O) groups excluding carboxylic acids is 2. The molecule has 0 aromatic heterocycles. The Morgan fingerprint density at radius 1 is 0.547 bits per heavy atom. The van der Waals surface area contributed by atoms with E-state index in [-0.39, 0.29) is 44.0 Å². The highest BCUT2D eigenvalue weighted by molar-refractivity contribution is 5.77. The van der Waals surface area contributed by atoms with Gasteiger partial charge in [-0.25, -0.2) is 0 Å². The molecule has 2 heterocycles. The molecular weight excluding hydrogens is 805 g/mol. The van der Waals surface area contributed by atoms with Crippen LogP contribution in [0.2, 0.25) is 0 Å². The number of nitrogens with one attached hydrogen (secondary N) is 1. The lowest BCUT2D eigenvalue weighted by Crippen LogP contribution is -2.56. The van der Waals surface area contributed by atoms with Gasteiger partial charge in [0, 0.05) is 19.6 Å². The van der Waals surface area contributed by atoms with Crippen LogP contribution in [0.4, 0.5) is 0 Å². The van der Waals surface area contributed by atoms with E-state index < -0.39 is 24.3 Å². The van der Waals surface area contributed by atoms with E-state index in [0.717, 1.165) is 64.2 Å². The van der Waals surface area contributed by atoms with Crippen molar-refractivity contribution >= 4 is 11.9 Å². The highest BCUT2D eigenvalue weighted by Crippen LogP contribution is 2.22. The van der Waals surface area contributed by atoms with E-state index in [2.05, 4.69) is 37.9 Å². The Labute approximate surface area is 394 Å². The number of carbonyl (C=O) groups is 2. The van der Waals surface area contributed by atoms with Crippen molar-refractivity contribution in [2.75, 3.05) is 39.5 Å². The van der Waals surface area contributed by atoms with Crippen LogP contribution in [0, 0.1) is 0 Å². The summed E-state index contributed by atoms with van der Waals surface area (Å²) >= 11 is 0. The minimum absolute atomic E-state index is 0.00427. The van der Waals surface area contributed by atoms with Gasteiger partial charge in [-0.15, -0.1) is 0 Å². The van der Waals surface area contributed by atoms with Crippen LogP contribution in [0.5, 0.6) is 0 Å². The molecule has 0 radical (unpaired) electrons. The Kier molecular flexibility index (Phi) is 42.0. The van der Waals surface area contributed by atoms with E-state index in [0.29, 0.717) is 19.6 Å². The SMILES string of the molecule is CCCCCCCCCCC(O)COCC1C(=O)OC(CCCCCCCCCC)CN1CC(O)CCCCCCCCCC.CCCCCCCCCCC1CNC(CO)C(=O)O1. The lowest BCUT2D eigenvalue weighted by molar-refractivity contribution is -0.172. The van der Waals surface area contributed by atoms with Crippen LogP contribution in [0.25, 0.3) is 0 Å². The maximum atomic E-state index is 13.2. The third-order valence-electron chi connectivity index (χ3n) is 13.3. The largest absolute Gasteiger partial charge is 0.460 e. The molecule has 0 aromatic rings. The maximum absolute atomic E-state index is 13.2. The summed E-state index contributed by atoms with van der Waals surface area (Å²) in [6, 6.07) is -1.03. The lowest BCUT2D eigenvalue weighted by atomic mass is 10.0. The number of hydrogen-bond acceptors (Lipinski definition) is 10.